The Balaban J connectivity index is 3.72. The SMILES string of the molecule is CCCCCCCCCCC/C=C\C/C=C\CCCCCCCCC(O)C(=O)NC(CO)C(O)C(O)CCC/C=C/CC/C=C/CC/C=C/CCCCCCCCCCCCCCCCCCC. The van der Waals surface area contributed by atoms with E-state index in [4.69, 9.17) is 0 Å². The zero-order valence-electron chi connectivity index (χ0n) is 45.1. The zero-order chi connectivity index (χ0) is 49.5. The van der Waals surface area contributed by atoms with Gasteiger partial charge in [-0.15, -0.1) is 0 Å². The van der Waals surface area contributed by atoms with E-state index in [1.807, 2.05) is 0 Å². The highest BCUT2D eigenvalue weighted by atomic mass is 16.3. The van der Waals surface area contributed by atoms with Crippen LogP contribution in [0, 0.1) is 0 Å². The molecule has 0 aliphatic rings. The van der Waals surface area contributed by atoms with Gasteiger partial charge in [-0.2, -0.15) is 0 Å². The number of aliphatic hydroxyl groups excluding tert-OH is 4. The fourth-order valence-corrected chi connectivity index (χ4v) is 9.00. The van der Waals surface area contributed by atoms with Crippen LogP contribution in [0.15, 0.2) is 60.8 Å². The van der Waals surface area contributed by atoms with Crippen LogP contribution in [0.2, 0.25) is 0 Å². The van der Waals surface area contributed by atoms with Gasteiger partial charge in [-0.25, -0.2) is 0 Å². The third kappa shape index (κ3) is 49.0. The molecule has 0 aromatic heterocycles. The molecular formula is C62H115NO5. The number of carbonyl (C=O) groups excluding carboxylic acids is 1. The summed E-state index contributed by atoms with van der Waals surface area (Å²) in [5, 5.41) is 44.0. The summed E-state index contributed by atoms with van der Waals surface area (Å²) < 4.78 is 0. The van der Waals surface area contributed by atoms with Gasteiger partial charge in [-0.05, 0) is 96.3 Å². The summed E-state index contributed by atoms with van der Waals surface area (Å²) in [5.41, 5.74) is 0. The first kappa shape index (κ1) is 66.0. The van der Waals surface area contributed by atoms with Gasteiger partial charge in [-0.1, -0.05) is 261 Å². The number of nitrogens with one attached hydrogen (secondary N) is 1. The van der Waals surface area contributed by atoms with Crippen LogP contribution in [0.3, 0.4) is 0 Å². The summed E-state index contributed by atoms with van der Waals surface area (Å²) in [7, 11) is 0. The van der Waals surface area contributed by atoms with Crippen molar-refractivity contribution in [2.75, 3.05) is 6.61 Å². The van der Waals surface area contributed by atoms with E-state index < -0.39 is 36.9 Å². The van der Waals surface area contributed by atoms with Crippen molar-refractivity contribution in [3.63, 3.8) is 0 Å². The molecule has 0 aliphatic heterocycles. The number of unbranched alkanes of at least 4 members (excludes halogenated alkanes) is 35. The van der Waals surface area contributed by atoms with Gasteiger partial charge in [0.1, 0.15) is 12.2 Å². The topological polar surface area (TPSA) is 110 Å². The molecule has 0 fully saturated rings. The van der Waals surface area contributed by atoms with Crippen molar-refractivity contribution < 1.29 is 25.2 Å². The standard InChI is InChI=1S/C62H115NO5/c1-3-5-7-9-11-13-15-17-19-21-23-25-27-28-29-30-31-32-33-34-36-37-39-41-43-45-47-49-51-53-55-59(65)61(67)58(57-64)63-62(68)60(66)56-54-52-50-48-46-44-42-40-38-35-26-24-22-20-18-16-14-12-10-8-6-4-2/h24,26,33-34,38-41,47,49,58-61,64-67H,3-23,25,27-32,35-37,42-46,48,50-57H2,1-2H3,(H,63,68)/b26-24-,34-33+,40-38-,41-39+,49-47+. The number of allylic oxidation sites excluding steroid dienone is 10. The molecule has 0 spiro atoms. The normalized spacial score (nSPS) is 14.1. The van der Waals surface area contributed by atoms with Gasteiger partial charge in [0.25, 0.3) is 0 Å². The van der Waals surface area contributed by atoms with E-state index in [-0.39, 0.29) is 0 Å². The Labute approximate surface area is 422 Å². The van der Waals surface area contributed by atoms with Crippen LogP contribution < -0.4 is 5.32 Å². The first-order valence-corrected chi connectivity index (χ1v) is 29.7. The maximum Gasteiger partial charge on any atom is 0.249 e. The highest BCUT2D eigenvalue weighted by Crippen LogP contribution is 2.17. The lowest BCUT2D eigenvalue weighted by Gasteiger charge is -2.27. The maximum atomic E-state index is 12.6. The molecule has 4 unspecified atom stereocenters. The molecule has 5 N–H and O–H groups in total. The number of aliphatic hydroxyl groups is 4. The van der Waals surface area contributed by atoms with Crippen molar-refractivity contribution in [1.29, 1.82) is 0 Å². The maximum absolute atomic E-state index is 12.6. The van der Waals surface area contributed by atoms with Gasteiger partial charge in [0.15, 0.2) is 0 Å². The fraction of sp³-hybridized carbons (Fsp3) is 0.823. The number of rotatable bonds is 54. The van der Waals surface area contributed by atoms with E-state index in [0.29, 0.717) is 19.3 Å². The molecule has 0 aromatic carbocycles. The first-order chi connectivity index (χ1) is 33.5. The molecule has 0 bridgehead atoms. The second kappa shape index (κ2) is 55.9. The van der Waals surface area contributed by atoms with Gasteiger partial charge >= 0.3 is 0 Å². The van der Waals surface area contributed by atoms with Crippen LogP contribution in [0.5, 0.6) is 0 Å². The van der Waals surface area contributed by atoms with Crippen LogP contribution in [0.1, 0.15) is 296 Å². The van der Waals surface area contributed by atoms with Gasteiger partial charge < -0.3 is 25.7 Å². The lowest BCUT2D eigenvalue weighted by Crippen LogP contribution is -2.53. The Morgan fingerprint density at radius 3 is 1.01 bits per heavy atom. The summed E-state index contributed by atoms with van der Waals surface area (Å²) in [5.74, 6) is -0.607. The second-order valence-electron chi connectivity index (χ2n) is 20.3. The second-order valence-corrected chi connectivity index (χ2v) is 20.3. The van der Waals surface area contributed by atoms with E-state index in [9.17, 15) is 25.2 Å². The third-order valence-electron chi connectivity index (χ3n) is 13.7. The van der Waals surface area contributed by atoms with Crippen LogP contribution in [0.25, 0.3) is 0 Å². The molecule has 0 saturated carbocycles. The Bertz CT molecular complexity index is 1160. The monoisotopic (exact) mass is 954 g/mol. The van der Waals surface area contributed by atoms with Crippen LogP contribution >= 0.6 is 0 Å². The van der Waals surface area contributed by atoms with Crippen molar-refractivity contribution >= 4 is 5.91 Å². The number of amides is 1. The quantitative estimate of drug-likeness (QED) is 0.0308. The van der Waals surface area contributed by atoms with Crippen molar-refractivity contribution in [2.24, 2.45) is 0 Å². The van der Waals surface area contributed by atoms with E-state index >= 15 is 0 Å². The summed E-state index contributed by atoms with van der Waals surface area (Å²) in [6.45, 7) is 4.06. The molecule has 1 amide bonds. The minimum atomic E-state index is -1.30. The van der Waals surface area contributed by atoms with Crippen molar-refractivity contribution in [1.82, 2.24) is 5.32 Å². The van der Waals surface area contributed by atoms with Gasteiger partial charge in [0.2, 0.25) is 5.91 Å². The molecule has 0 rings (SSSR count). The number of hydrogen-bond acceptors (Lipinski definition) is 5. The molecule has 6 heteroatoms. The molecule has 0 aliphatic carbocycles. The lowest BCUT2D eigenvalue weighted by atomic mass is 10.00. The van der Waals surface area contributed by atoms with Gasteiger partial charge in [-0.3, -0.25) is 4.79 Å². The predicted molar refractivity (Wildman–Crippen MR) is 297 cm³/mol. The molecule has 0 aromatic rings. The first-order valence-electron chi connectivity index (χ1n) is 29.7. The average Bonchev–Trinajstić information content (AvgIpc) is 3.34. The third-order valence-corrected chi connectivity index (χ3v) is 13.7. The molecular weight excluding hydrogens is 839 g/mol. The fourth-order valence-electron chi connectivity index (χ4n) is 9.00. The smallest absolute Gasteiger partial charge is 0.249 e. The molecule has 398 valence electrons. The summed E-state index contributed by atoms with van der Waals surface area (Å²) in [6.07, 6.45) is 73.0. The lowest BCUT2D eigenvalue weighted by molar-refractivity contribution is -0.132. The van der Waals surface area contributed by atoms with Crippen LogP contribution in [-0.4, -0.2) is 57.3 Å². The Hall–Kier alpha value is -1.99. The Morgan fingerprint density at radius 2 is 0.662 bits per heavy atom. The summed E-state index contributed by atoms with van der Waals surface area (Å²) in [6, 6.07) is -1.02. The van der Waals surface area contributed by atoms with Crippen molar-refractivity contribution in [3.05, 3.63) is 60.8 Å². The predicted octanol–water partition coefficient (Wildman–Crippen LogP) is 17.5. The Kier molecular flexibility index (Phi) is 54.3. The minimum Gasteiger partial charge on any atom is -0.394 e. The molecule has 6 nitrogen and oxygen atoms in total. The largest absolute Gasteiger partial charge is 0.394 e. The molecule has 0 radical (unpaired) electrons. The van der Waals surface area contributed by atoms with Crippen molar-refractivity contribution in [3.8, 4) is 0 Å². The summed E-state index contributed by atoms with van der Waals surface area (Å²) in [4.78, 5) is 12.6. The Morgan fingerprint density at radius 1 is 0.368 bits per heavy atom. The van der Waals surface area contributed by atoms with E-state index in [1.165, 1.54) is 193 Å². The van der Waals surface area contributed by atoms with Crippen LogP contribution in [0.4, 0.5) is 0 Å². The molecule has 4 atom stereocenters. The van der Waals surface area contributed by atoms with E-state index in [2.05, 4.69) is 79.9 Å². The van der Waals surface area contributed by atoms with Crippen molar-refractivity contribution in [2.45, 2.75) is 321 Å². The van der Waals surface area contributed by atoms with Gasteiger partial charge in [0, 0.05) is 0 Å². The highest BCUT2D eigenvalue weighted by Gasteiger charge is 2.28. The van der Waals surface area contributed by atoms with Crippen LogP contribution in [-0.2, 0) is 4.79 Å². The minimum absolute atomic E-state index is 0.344. The van der Waals surface area contributed by atoms with E-state index in [1.54, 1.807) is 0 Å². The molecule has 0 heterocycles. The van der Waals surface area contributed by atoms with Gasteiger partial charge in [0.05, 0.1) is 18.8 Å². The summed E-state index contributed by atoms with van der Waals surface area (Å²) >= 11 is 0. The molecule has 68 heavy (non-hydrogen) atoms. The highest BCUT2D eigenvalue weighted by molar-refractivity contribution is 5.80. The average molecular weight is 955 g/mol. The zero-order valence-corrected chi connectivity index (χ0v) is 45.1. The number of carbonyl (C=O) groups is 1. The number of hydrogen-bond donors (Lipinski definition) is 5. The molecule has 0 saturated heterocycles. The van der Waals surface area contributed by atoms with E-state index in [0.717, 1.165) is 70.6 Å².